The van der Waals surface area contributed by atoms with Gasteiger partial charge in [0, 0.05) is 11.3 Å². The molecule has 0 saturated heterocycles. The van der Waals surface area contributed by atoms with Gasteiger partial charge in [-0.25, -0.2) is 4.39 Å². The lowest BCUT2D eigenvalue weighted by atomic mass is 10.2. The van der Waals surface area contributed by atoms with Gasteiger partial charge in [0.1, 0.15) is 0 Å². The van der Waals surface area contributed by atoms with Crippen LogP contribution < -0.4 is 10.5 Å². The fourth-order valence-corrected chi connectivity index (χ4v) is 1.68. The molecule has 0 radical (unpaired) electrons. The fourth-order valence-electron chi connectivity index (χ4n) is 1.19. The van der Waals surface area contributed by atoms with Crippen molar-refractivity contribution in [3.8, 4) is 5.75 Å². The number of thioether (sulfide) groups is 1. The number of hydrogen-bond acceptors (Lipinski definition) is 4. The first-order valence-corrected chi connectivity index (χ1v) is 6.32. The van der Waals surface area contributed by atoms with Crippen LogP contribution in [0.3, 0.4) is 0 Å². The zero-order valence-corrected chi connectivity index (χ0v) is 10.3. The van der Waals surface area contributed by atoms with Crippen molar-refractivity contribution in [1.29, 1.82) is 0 Å². The minimum Gasteiger partial charge on any atom is -0.490 e. The molecule has 94 valence electrons. The second-order valence-corrected chi connectivity index (χ2v) is 4.57. The predicted octanol–water partition coefficient (Wildman–Crippen LogP) is 2.05. The van der Waals surface area contributed by atoms with Gasteiger partial charge in [-0.05, 0) is 24.0 Å². The maximum absolute atomic E-state index is 13.5. The van der Waals surface area contributed by atoms with Crippen LogP contribution in [0.4, 0.5) is 4.39 Å². The molecule has 0 fully saturated rings. The van der Waals surface area contributed by atoms with Crippen LogP contribution in [-0.4, -0.2) is 29.2 Å². The van der Waals surface area contributed by atoms with Gasteiger partial charge in [-0.1, -0.05) is 12.1 Å². The molecule has 0 aliphatic heterocycles. The van der Waals surface area contributed by atoms with Crippen molar-refractivity contribution in [2.24, 2.45) is 10.9 Å². The summed E-state index contributed by atoms with van der Waals surface area (Å²) in [5.74, 6) is 1.36. The molecule has 0 heterocycles. The Morgan fingerprint density at radius 1 is 1.59 bits per heavy atom. The van der Waals surface area contributed by atoms with Crippen LogP contribution >= 0.6 is 11.8 Å². The molecule has 0 saturated carbocycles. The molecule has 0 aliphatic rings. The second kappa shape index (κ2) is 7.01. The topological polar surface area (TPSA) is 67.8 Å². The van der Waals surface area contributed by atoms with Gasteiger partial charge in [-0.3, -0.25) is 0 Å². The minimum atomic E-state index is -0.518. The lowest BCUT2D eigenvalue weighted by Crippen LogP contribution is -2.13. The van der Waals surface area contributed by atoms with Crippen molar-refractivity contribution in [2.75, 3.05) is 18.1 Å². The van der Waals surface area contributed by atoms with Crippen molar-refractivity contribution in [3.05, 3.63) is 29.6 Å². The quantitative estimate of drug-likeness (QED) is 0.269. The summed E-state index contributed by atoms with van der Waals surface area (Å²) in [6, 6.07) is 4.19. The molecule has 0 unspecified atom stereocenters. The Morgan fingerprint density at radius 3 is 2.94 bits per heavy atom. The summed E-state index contributed by atoms with van der Waals surface area (Å²) >= 11 is 1.73. The highest BCUT2D eigenvalue weighted by Crippen LogP contribution is 2.18. The molecule has 6 heteroatoms. The highest BCUT2D eigenvalue weighted by molar-refractivity contribution is 7.99. The summed E-state index contributed by atoms with van der Waals surface area (Å²) in [5, 5.41) is 11.3. The van der Waals surface area contributed by atoms with Gasteiger partial charge in [-0.2, -0.15) is 11.8 Å². The average molecular weight is 258 g/mol. The van der Waals surface area contributed by atoms with Crippen LogP contribution in [-0.2, 0) is 0 Å². The predicted molar refractivity (Wildman–Crippen MR) is 67.4 cm³/mol. The molecule has 0 aromatic heterocycles. The van der Waals surface area contributed by atoms with Gasteiger partial charge >= 0.3 is 0 Å². The van der Waals surface area contributed by atoms with E-state index in [0.717, 1.165) is 11.5 Å². The maximum atomic E-state index is 13.5. The Kier molecular flexibility index (Phi) is 5.62. The molecular weight excluding hydrogens is 243 g/mol. The molecule has 0 aliphatic carbocycles. The number of hydrogen-bond donors (Lipinski definition) is 2. The van der Waals surface area contributed by atoms with Crippen molar-refractivity contribution in [1.82, 2.24) is 0 Å². The summed E-state index contributed by atoms with van der Waals surface area (Å²) in [7, 11) is 0. The summed E-state index contributed by atoms with van der Waals surface area (Å²) in [6.45, 7) is 2.51. The number of ether oxygens (including phenoxy) is 1. The summed E-state index contributed by atoms with van der Waals surface area (Å²) in [6.07, 6.45) is 0. The molecule has 0 atom stereocenters. The molecule has 1 aromatic rings. The van der Waals surface area contributed by atoms with Crippen LogP contribution in [0.1, 0.15) is 12.5 Å². The average Bonchev–Trinajstić information content (AvgIpc) is 2.35. The van der Waals surface area contributed by atoms with Gasteiger partial charge in [0.05, 0.1) is 6.61 Å². The number of amidine groups is 1. The minimum absolute atomic E-state index is 0.128. The standard InChI is InChI=1S/C11H15FN2O2S/c1-2-17-6-5-16-10-4-3-8(7-9(10)12)11(13)14-15/h3-4,7,15H,2,5-6H2,1H3,(H2,13,14). The third-order valence-corrected chi connectivity index (χ3v) is 2.89. The number of benzene rings is 1. The Balaban J connectivity index is 2.63. The lowest BCUT2D eigenvalue weighted by Gasteiger charge is -2.07. The van der Waals surface area contributed by atoms with Crippen molar-refractivity contribution in [2.45, 2.75) is 6.92 Å². The zero-order valence-electron chi connectivity index (χ0n) is 9.52. The van der Waals surface area contributed by atoms with Crippen LogP contribution in [0.25, 0.3) is 0 Å². The largest absolute Gasteiger partial charge is 0.490 e. The van der Waals surface area contributed by atoms with Gasteiger partial charge in [-0.15, -0.1) is 0 Å². The van der Waals surface area contributed by atoms with E-state index >= 15 is 0 Å². The molecule has 4 nitrogen and oxygen atoms in total. The van der Waals surface area contributed by atoms with E-state index in [9.17, 15) is 4.39 Å². The number of halogens is 1. The van der Waals surface area contributed by atoms with E-state index in [-0.39, 0.29) is 11.6 Å². The smallest absolute Gasteiger partial charge is 0.170 e. The first-order valence-electron chi connectivity index (χ1n) is 5.17. The van der Waals surface area contributed by atoms with Crippen molar-refractivity contribution < 1.29 is 14.3 Å². The molecule has 1 rings (SSSR count). The first-order chi connectivity index (χ1) is 8.19. The number of nitrogens with zero attached hydrogens (tertiary/aromatic N) is 1. The third kappa shape index (κ3) is 4.14. The van der Waals surface area contributed by atoms with E-state index in [1.807, 2.05) is 0 Å². The van der Waals surface area contributed by atoms with Crippen LogP contribution in [0.2, 0.25) is 0 Å². The van der Waals surface area contributed by atoms with E-state index in [0.29, 0.717) is 12.2 Å². The number of nitrogens with two attached hydrogens (primary N) is 1. The van der Waals surface area contributed by atoms with Crippen molar-refractivity contribution >= 4 is 17.6 Å². The molecule has 3 N–H and O–H groups in total. The monoisotopic (exact) mass is 258 g/mol. The number of oxime groups is 1. The maximum Gasteiger partial charge on any atom is 0.170 e. The summed E-state index contributed by atoms with van der Waals surface area (Å²) < 4.78 is 18.8. The normalized spacial score (nSPS) is 11.5. The summed E-state index contributed by atoms with van der Waals surface area (Å²) in [4.78, 5) is 0. The SMILES string of the molecule is CCSCCOc1ccc(/C(N)=N/O)cc1F. The fraction of sp³-hybridized carbons (Fsp3) is 0.364. The lowest BCUT2D eigenvalue weighted by molar-refractivity contribution is 0.318. The third-order valence-electron chi connectivity index (χ3n) is 2.02. The van der Waals surface area contributed by atoms with Gasteiger partial charge in [0.15, 0.2) is 17.4 Å². The molecule has 17 heavy (non-hydrogen) atoms. The molecule has 0 spiro atoms. The second-order valence-electron chi connectivity index (χ2n) is 3.18. The number of rotatable bonds is 6. The van der Waals surface area contributed by atoms with Crippen molar-refractivity contribution in [3.63, 3.8) is 0 Å². The highest BCUT2D eigenvalue weighted by atomic mass is 32.2. The van der Waals surface area contributed by atoms with E-state index in [2.05, 4.69) is 12.1 Å². The van der Waals surface area contributed by atoms with Crippen LogP contribution in [0.5, 0.6) is 5.75 Å². The Morgan fingerprint density at radius 2 is 2.35 bits per heavy atom. The van der Waals surface area contributed by atoms with E-state index in [4.69, 9.17) is 15.7 Å². The molecule has 0 amide bonds. The zero-order chi connectivity index (χ0) is 12.7. The van der Waals surface area contributed by atoms with E-state index in [1.54, 1.807) is 17.8 Å². The van der Waals surface area contributed by atoms with Crippen LogP contribution in [0.15, 0.2) is 23.4 Å². The molecule has 0 bridgehead atoms. The summed E-state index contributed by atoms with van der Waals surface area (Å²) in [5.41, 5.74) is 5.66. The van der Waals surface area contributed by atoms with Gasteiger partial charge < -0.3 is 15.7 Å². The Bertz CT molecular complexity index is 399. The molecular formula is C11H15FN2O2S. The highest BCUT2D eigenvalue weighted by Gasteiger charge is 2.07. The molecule has 1 aromatic carbocycles. The van der Waals surface area contributed by atoms with Gasteiger partial charge in [0.25, 0.3) is 0 Å². The first kappa shape index (κ1) is 13.6. The van der Waals surface area contributed by atoms with Gasteiger partial charge in [0.2, 0.25) is 0 Å². The van der Waals surface area contributed by atoms with E-state index < -0.39 is 5.82 Å². The van der Waals surface area contributed by atoms with Crippen LogP contribution in [0, 0.1) is 5.82 Å². The Labute approximate surface area is 104 Å². The van der Waals surface area contributed by atoms with E-state index in [1.165, 1.54) is 12.1 Å². The Hall–Kier alpha value is -1.43.